The molecule has 4 nitrogen and oxygen atoms in total. The molecule has 1 saturated heterocycles. The van der Waals surface area contributed by atoms with Crippen molar-refractivity contribution in [3.8, 4) is 0 Å². The van der Waals surface area contributed by atoms with Crippen LogP contribution < -0.4 is 11.1 Å². The summed E-state index contributed by atoms with van der Waals surface area (Å²) < 4.78 is 5.30. The van der Waals surface area contributed by atoms with Crippen LogP contribution >= 0.6 is 0 Å². The first-order valence-corrected chi connectivity index (χ1v) is 6.28. The maximum Gasteiger partial charge on any atom is 0.237 e. The number of hydrogen-bond donors (Lipinski definition) is 2. The molecule has 0 aromatic heterocycles. The lowest BCUT2D eigenvalue weighted by Gasteiger charge is -2.29. The minimum absolute atomic E-state index is 0.0131. The summed E-state index contributed by atoms with van der Waals surface area (Å²) in [4.78, 5) is 11.7. The summed E-state index contributed by atoms with van der Waals surface area (Å²) in [5.74, 6) is 0.521. The van der Waals surface area contributed by atoms with Gasteiger partial charge in [-0.1, -0.05) is 13.3 Å². The van der Waals surface area contributed by atoms with Gasteiger partial charge in [0.2, 0.25) is 5.91 Å². The molecule has 1 fully saturated rings. The molecule has 1 amide bonds. The van der Waals surface area contributed by atoms with Gasteiger partial charge in [-0.2, -0.15) is 0 Å². The summed E-state index contributed by atoms with van der Waals surface area (Å²) in [5, 5.41) is 3.01. The van der Waals surface area contributed by atoms with E-state index in [1.54, 1.807) is 0 Å². The Morgan fingerprint density at radius 1 is 1.50 bits per heavy atom. The van der Waals surface area contributed by atoms with E-state index in [-0.39, 0.29) is 18.0 Å². The Morgan fingerprint density at radius 3 is 2.69 bits per heavy atom. The SMILES string of the molecule is CCC[C@@H](N)C(=O)NC(C)C1CCOCC1. The van der Waals surface area contributed by atoms with E-state index >= 15 is 0 Å². The second-order valence-electron chi connectivity index (χ2n) is 4.64. The highest BCUT2D eigenvalue weighted by Gasteiger charge is 2.23. The van der Waals surface area contributed by atoms with Crippen LogP contribution in [-0.4, -0.2) is 31.2 Å². The second-order valence-corrected chi connectivity index (χ2v) is 4.64. The van der Waals surface area contributed by atoms with Gasteiger partial charge in [-0.15, -0.1) is 0 Å². The highest BCUT2D eigenvalue weighted by atomic mass is 16.5. The number of rotatable bonds is 5. The number of carbonyl (C=O) groups is 1. The number of ether oxygens (including phenoxy) is 1. The molecular weight excluding hydrogens is 204 g/mol. The van der Waals surface area contributed by atoms with Gasteiger partial charge in [0.1, 0.15) is 0 Å². The van der Waals surface area contributed by atoms with E-state index in [0.29, 0.717) is 5.92 Å². The van der Waals surface area contributed by atoms with Gasteiger partial charge in [0.25, 0.3) is 0 Å². The lowest BCUT2D eigenvalue weighted by Crippen LogP contribution is -2.47. The average Bonchev–Trinajstić information content (AvgIpc) is 2.30. The summed E-state index contributed by atoms with van der Waals surface area (Å²) in [7, 11) is 0. The van der Waals surface area contributed by atoms with Gasteiger partial charge in [0.05, 0.1) is 6.04 Å². The Morgan fingerprint density at radius 2 is 2.12 bits per heavy atom. The normalized spacial score (nSPS) is 21.4. The van der Waals surface area contributed by atoms with Crippen LogP contribution in [0.4, 0.5) is 0 Å². The highest BCUT2D eigenvalue weighted by molar-refractivity contribution is 5.81. The molecular formula is C12H24N2O2. The van der Waals surface area contributed by atoms with E-state index in [2.05, 4.69) is 12.2 Å². The van der Waals surface area contributed by atoms with Crippen molar-refractivity contribution in [1.82, 2.24) is 5.32 Å². The Kier molecular flexibility index (Phi) is 5.77. The Hall–Kier alpha value is -0.610. The third kappa shape index (κ3) is 4.10. The third-order valence-corrected chi connectivity index (χ3v) is 3.28. The van der Waals surface area contributed by atoms with Crippen molar-refractivity contribution >= 4 is 5.91 Å². The molecule has 1 unspecified atom stereocenters. The van der Waals surface area contributed by atoms with Gasteiger partial charge in [0.15, 0.2) is 0 Å². The minimum atomic E-state index is -0.354. The molecule has 4 heteroatoms. The highest BCUT2D eigenvalue weighted by Crippen LogP contribution is 2.18. The summed E-state index contributed by atoms with van der Waals surface area (Å²) in [6.45, 7) is 5.72. The molecule has 0 aromatic rings. The van der Waals surface area contributed by atoms with E-state index in [1.807, 2.05) is 6.92 Å². The van der Waals surface area contributed by atoms with Gasteiger partial charge in [-0.25, -0.2) is 0 Å². The second kappa shape index (κ2) is 6.86. The molecule has 1 heterocycles. The van der Waals surface area contributed by atoms with Crippen LogP contribution in [0.3, 0.4) is 0 Å². The molecule has 3 N–H and O–H groups in total. The summed E-state index contributed by atoms with van der Waals surface area (Å²) in [6, 6.07) is -0.147. The third-order valence-electron chi connectivity index (χ3n) is 3.28. The zero-order chi connectivity index (χ0) is 12.0. The Bertz CT molecular complexity index is 215. The molecule has 0 saturated carbocycles. The van der Waals surface area contributed by atoms with Crippen LogP contribution in [0.1, 0.15) is 39.5 Å². The van der Waals surface area contributed by atoms with E-state index < -0.39 is 0 Å². The van der Waals surface area contributed by atoms with Gasteiger partial charge in [-0.05, 0) is 32.1 Å². The maximum absolute atomic E-state index is 11.7. The number of hydrogen-bond acceptors (Lipinski definition) is 3. The van der Waals surface area contributed by atoms with Crippen LogP contribution in [-0.2, 0) is 9.53 Å². The van der Waals surface area contributed by atoms with Gasteiger partial charge in [0, 0.05) is 19.3 Å². The zero-order valence-corrected chi connectivity index (χ0v) is 10.4. The van der Waals surface area contributed by atoms with Crippen molar-refractivity contribution in [3.63, 3.8) is 0 Å². The topological polar surface area (TPSA) is 64.4 Å². The minimum Gasteiger partial charge on any atom is -0.381 e. The molecule has 0 bridgehead atoms. The molecule has 0 aromatic carbocycles. The summed E-state index contributed by atoms with van der Waals surface area (Å²) >= 11 is 0. The molecule has 94 valence electrons. The first-order chi connectivity index (χ1) is 7.65. The largest absolute Gasteiger partial charge is 0.381 e. The van der Waals surface area contributed by atoms with E-state index in [1.165, 1.54) is 0 Å². The fourth-order valence-electron chi connectivity index (χ4n) is 2.11. The fraction of sp³-hybridized carbons (Fsp3) is 0.917. The van der Waals surface area contributed by atoms with Crippen molar-refractivity contribution < 1.29 is 9.53 Å². The average molecular weight is 228 g/mol. The standard InChI is InChI=1S/C12H24N2O2/c1-3-4-11(13)12(15)14-9(2)10-5-7-16-8-6-10/h9-11H,3-8,13H2,1-2H3,(H,14,15)/t9?,11-/m1/s1. The summed E-state index contributed by atoms with van der Waals surface area (Å²) in [6.07, 6.45) is 3.77. The van der Waals surface area contributed by atoms with Crippen LogP contribution in [0.5, 0.6) is 0 Å². The number of nitrogens with one attached hydrogen (secondary N) is 1. The molecule has 0 aliphatic carbocycles. The zero-order valence-electron chi connectivity index (χ0n) is 10.4. The van der Waals surface area contributed by atoms with Crippen LogP contribution in [0.25, 0.3) is 0 Å². The van der Waals surface area contributed by atoms with Crippen molar-refractivity contribution in [2.24, 2.45) is 11.7 Å². The Labute approximate surface area is 97.9 Å². The molecule has 0 radical (unpaired) electrons. The van der Waals surface area contributed by atoms with Crippen LogP contribution in [0.15, 0.2) is 0 Å². The first-order valence-electron chi connectivity index (χ1n) is 6.28. The smallest absolute Gasteiger partial charge is 0.237 e. The number of amides is 1. The van der Waals surface area contributed by atoms with Crippen molar-refractivity contribution in [2.45, 2.75) is 51.6 Å². The van der Waals surface area contributed by atoms with Gasteiger partial charge < -0.3 is 15.8 Å². The molecule has 1 rings (SSSR count). The summed E-state index contributed by atoms with van der Waals surface area (Å²) in [5.41, 5.74) is 5.77. The van der Waals surface area contributed by atoms with E-state index in [4.69, 9.17) is 10.5 Å². The monoisotopic (exact) mass is 228 g/mol. The Balaban J connectivity index is 2.31. The lowest BCUT2D eigenvalue weighted by molar-refractivity contribution is -0.123. The molecule has 0 spiro atoms. The predicted octanol–water partition coefficient (Wildman–Crippen LogP) is 1.05. The molecule has 16 heavy (non-hydrogen) atoms. The maximum atomic E-state index is 11.7. The quantitative estimate of drug-likeness (QED) is 0.739. The lowest BCUT2D eigenvalue weighted by atomic mass is 9.92. The van der Waals surface area contributed by atoms with E-state index in [0.717, 1.165) is 38.9 Å². The van der Waals surface area contributed by atoms with Crippen molar-refractivity contribution in [2.75, 3.05) is 13.2 Å². The van der Waals surface area contributed by atoms with Gasteiger partial charge >= 0.3 is 0 Å². The van der Waals surface area contributed by atoms with Crippen LogP contribution in [0, 0.1) is 5.92 Å². The number of carbonyl (C=O) groups excluding carboxylic acids is 1. The van der Waals surface area contributed by atoms with Gasteiger partial charge in [-0.3, -0.25) is 4.79 Å². The van der Waals surface area contributed by atoms with Crippen molar-refractivity contribution in [3.05, 3.63) is 0 Å². The molecule has 1 aliphatic heterocycles. The van der Waals surface area contributed by atoms with Crippen molar-refractivity contribution in [1.29, 1.82) is 0 Å². The van der Waals surface area contributed by atoms with E-state index in [9.17, 15) is 4.79 Å². The first kappa shape index (κ1) is 13.5. The molecule has 2 atom stereocenters. The molecule has 1 aliphatic rings. The predicted molar refractivity (Wildman–Crippen MR) is 64.0 cm³/mol. The van der Waals surface area contributed by atoms with Crippen LogP contribution in [0.2, 0.25) is 0 Å². The fourth-order valence-corrected chi connectivity index (χ4v) is 2.11. The number of nitrogens with two attached hydrogens (primary N) is 1.